The third-order valence-electron chi connectivity index (χ3n) is 11.3. The van der Waals surface area contributed by atoms with Crippen LogP contribution in [-0.4, -0.2) is 174 Å². The molecule has 78 heavy (non-hydrogen) atoms. The van der Waals surface area contributed by atoms with Gasteiger partial charge in [-0.1, -0.05) is 52.0 Å². The average Bonchev–Trinajstić information content (AvgIpc) is 3.84. The third-order valence-corrected chi connectivity index (χ3v) is 11.3. The van der Waals surface area contributed by atoms with Gasteiger partial charge >= 0.3 is 12.0 Å². The number of anilines is 1. The molecule has 1 aromatic carbocycles. The fourth-order valence-electron chi connectivity index (χ4n) is 6.85. The van der Waals surface area contributed by atoms with Gasteiger partial charge in [0.25, 0.3) is 0 Å². The van der Waals surface area contributed by atoms with Crippen LogP contribution < -0.4 is 38.1 Å². The lowest BCUT2D eigenvalue weighted by atomic mass is 9.85. The van der Waals surface area contributed by atoms with E-state index in [4.69, 9.17) is 49.4 Å². The summed E-state index contributed by atoms with van der Waals surface area (Å²) in [6, 6.07) is 3.51. The van der Waals surface area contributed by atoms with E-state index in [1.807, 2.05) is 20.8 Å². The zero-order chi connectivity index (χ0) is 57.8. The number of hydrogen-bond donors (Lipinski definition) is 7. The van der Waals surface area contributed by atoms with Crippen molar-refractivity contribution in [2.75, 3.05) is 104 Å². The highest BCUT2D eigenvalue weighted by atomic mass is 16.6. The first-order valence-electron chi connectivity index (χ1n) is 26.8. The maximum absolute atomic E-state index is 13.5. The van der Waals surface area contributed by atoms with Crippen LogP contribution in [0.5, 0.6) is 0 Å². The van der Waals surface area contributed by atoms with Gasteiger partial charge in [0, 0.05) is 30.6 Å². The van der Waals surface area contributed by atoms with Gasteiger partial charge in [0.15, 0.2) is 5.78 Å². The van der Waals surface area contributed by atoms with Gasteiger partial charge in [0.05, 0.1) is 110 Å². The second-order valence-corrected chi connectivity index (χ2v) is 20.8. The van der Waals surface area contributed by atoms with E-state index in [-0.39, 0.29) is 89.2 Å². The molecule has 0 spiro atoms. The Kier molecular flexibility index (Phi) is 34.1. The molecule has 1 aromatic heterocycles. The zero-order valence-corrected chi connectivity index (χ0v) is 47.3. The number of esters is 1. The summed E-state index contributed by atoms with van der Waals surface area (Å²) >= 11 is 0. The first-order valence-corrected chi connectivity index (χ1v) is 26.8. The molecule has 6 amide bonds. The highest BCUT2D eigenvalue weighted by Gasteiger charge is 2.30. The van der Waals surface area contributed by atoms with Crippen LogP contribution in [0.15, 0.2) is 30.5 Å². The monoisotopic (exact) mass is 1110 g/mol. The molecule has 0 radical (unpaired) electrons. The SMILES string of the molecule is CC(C)[C@H](NC(=O)COCCOCCOCc1cn(CCOCCOCCOCCOCCC(=O)NCCCC[C@@H](N)C(=O)C(C)(C)C)nn1)C(=O)N[C@@H](CCCNC(N)=O)C(=O)Nc1ccc(COC(=O)C(C)(C)C)cc1. The van der Waals surface area contributed by atoms with Gasteiger partial charge in [0.1, 0.15) is 31.0 Å². The average molecular weight is 1110 g/mol. The van der Waals surface area contributed by atoms with Crippen molar-refractivity contribution in [1.82, 2.24) is 36.3 Å². The predicted octanol–water partition coefficient (Wildman–Crippen LogP) is 2.32. The molecule has 442 valence electrons. The number of ether oxygens (including phenoxy) is 8. The van der Waals surface area contributed by atoms with Crippen LogP contribution in [-0.2, 0) is 86.4 Å². The third kappa shape index (κ3) is 32.3. The van der Waals surface area contributed by atoms with Gasteiger partial charge in [0.2, 0.25) is 23.6 Å². The molecule has 9 N–H and O–H groups in total. The number of Topliss-reactive ketones (excluding diaryl/α,β-unsaturated/α-hetero) is 1. The fraction of sp³-hybridized carbons (Fsp3) is 0.717. The van der Waals surface area contributed by atoms with E-state index < -0.39 is 52.7 Å². The number of nitrogens with one attached hydrogen (secondary N) is 5. The van der Waals surface area contributed by atoms with E-state index in [2.05, 4.69) is 36.9 Å². The van der Waals surface area contributed by atoms with Crippen LogP contribution in [0.1, 0.15) is 105 Å². The zero-order valence-electron chi connectivity index (χ0n) is 47.3. The van der Waals surface area contributed by atoms with Crippen molar-refractivity contribution in [2.24, 2.45) is 28.2 Å². The van der Waals surface area contributed by atoms with Crippen molar-refractivity contribution in [3.63, 3.8) is 0 Å². The molecule has 0 unspecified atom stereocenters. The van der Waals surface area contributed by atoms with Crippen molar-refractivity contribution in [3.05, 3.63) is 41.7 Å². The summed E-state index contributed by atoms with van der Waals surface area (Å²) in [6.07, 6.45) is 4.63. The Morgan fingerprint density at radius 3 is 1.79 bits per heavy atom. The molecule has 0 fully saturated rings. The Morgan fingerprint density at radius 1 is 0.628 bits per heavy atom. The molecule has 0 saturated carbocycles. The number of hydrogen-bond acceptors (Lipinski definition) is 18. The number of aromatic nitrogens is 3. The lowest BCUT2D eigenvalue weighted by molar-refractivity contribution is -0.154. The number of amides is 6. The molecule has 0 aliphatic carbocycles. The molecule has 1 heterocycles. The number of ketones is 1. The van der Waals surface area contributed by atoms with E-state index in [1.54, 1.807) is 69.8 Å². The molecular formula is C53H90N10O15. The molecule has 0 aliphatic heterocycles. The smallest absolute Gasteiger partial charge is 0.312 e. The second-order valence-electron chi connectivity index (χ2n) is 20.8. The highest BCUT2D eigenvalue weighted by molar-refractivity contribution is 5.98. The van der Waals surface area contributed by atoms with Crippen molar-refractivity contribution in [1.29, 1.82) is 0 Å². The lowest BCUT2D eigenvalue weighted by Crippen LogP contribution is -2.55. The van der Waals surface area contributed by atoms with Crippen LogP contribution in [0.4, 0.5) is 10.5 Å². The summed E-state index contributed by atoms with van der Waals surface area (Å²) in [7, 11) is 0. The molecule has 3 atom stereocenters. The summed E-state index contributed by atoms with van der Waals surface area (Å²) < 4.78 is 45.8. The standard InChI is InChI=1S/C53H90N10O15/c1-38(2)46(49(68)59-43(13-11-20-57-51(55)70)48(67)58-40-16-14-39(15-17-40)35-78-50(69)53(6,7)8)60-45(65)37-77-33-31-75-30-32-76-36-41-34-63(62-61-41)21-23-72-25-27-74-29-28-73-26-24-71-22-18-44(64)56-19-10-9-12-42(54)47(66)52(3,4)5/h14-17,34,38,42-43,46H,9-13,18-33,35-37,54H2,1-8H3,(H,56,64)(H,58,67)(H,59,68)(H,60,65)(H3,55,57,70)/t42-,43+,46+/m1/s1. The van der Waals surface area contributed by atoms with Crippen LogP contribution in [0.25, 0.3) is 0 Å². The molecule has 2 aromatic rings. The number of benzene rings is 1. The Bertz CT molecular complexity index is 2060. The van der Waals surface area contributed by atoms with Crippen LogP contribution >= 0.6 is 0 Å². The summed E-state index contributed by atoms with van der Waals surface area (Å²) in [5.74, 6) is -2.35. The van der Waals surface area contributed by atoms with E-state index in [1.165, 1.54) is 0 Å². The minimum Gasteiger partial charge on any atom is -0.460 e. The maximum Gasteiger partial charge on any atom is 0.312 e. The number of unbranched alkanes of at least 4 members (excludes halogenated alkanes) is 1. The largest absolute Gasteiger partial charge is 0.460 e. The number of nitrogens with zero attached hydrogens (tertiary/aromatic N) is 3. The summed E-state index contributed by atoms with van der Waals surface area (Å²) in [4.78, 5) is 87.3. The number of carbonyl (C=O) groups is 7. The predicted molar refractivity (Wildman–Crippen MR) is 288 cm³/mol. The Morgan fingerprint density at radius 2 is 1.21 bits per heavy atom. The minimum absolute atomic E-state index is 0.0510. The second kappa shape index (κ2) is 38.8. The molecule has 0 bridgehead atoms. The minimum atomic E-state index is -1.03. The first kappa shape index (κ1) is 68.4. The lowest BCUT2D eigenvalue weighted by Gasteiger charge is -2.25. The van der Waals surface area contributed by atoms with Gasteiger partial charge in [-0.2, -0.15) is 0 Å². The molecule has 0 saturated heterocycles. The fourth-order valence-corrected chi connectivity index (χ4v) is 6.85. The van der Waals surface area contributed by atoms with Gasteiger partial charge < -0.3 is 75.9 Å². The Hall–Kier alpha value is -5.67. The number of urea groups is 1. The first-order chi connectivity index (χ1) is 37.1. The van der Waals surface area contributed by atoms with Crippen molar-refractivity contribution in [3.8, 4) is 0 Å². The van der Waals surface area contributed by atoms with E-state index in [0.717, 1.165) is 18.4 Å². The molecule has 0 aliphatic rings. The van der Waals surface area contributed by atoms with Crippen molar-refractivity contribution in [2.45, 2.75) is 132 Å². The molecule has 25 heteroatoms. The quantitative estimate of drug-likeness (QED) is 0.0370. The maximum atomic E-state index is 13.5. The summed E-state index contributed by atoms with van der Waals surface area (Å²) in [6.45, 7) is 19.5. The van der Waals surface area contributed by atoms with E-state index in [9.17, 15) is 33.6 Å². The van der Waals surface area contributed by atoms with Gasteiger partial charge in [-0.25, -0.2) is 9.48 Å². The van der Waals surface area contributed by atoms with Gasteiger partial charge in [-0.15, -0.1) is 5.10 Å². The van der Waals surface area contributed by atoms with Crippen molar-refractivity contribution >= 4 is 47.1 Å². The number of primary amides is 1. The highest BCUT2D eigenvalue weighted by Crippen LogP contribution is 2.19. The topological polar surface area (TPSA) is 336 Å². The van der Waals surface area contributed by atoms with E-state index in [0.29, 0.717) is 90.2 Å². The Labute approximate surface area is 459 Å². The summed E-state index contributed by atoms with van der Waals surface area (Å²) in [5.41, 5.74) is 11.9. The molecule has 25 nitrogen and oxygen atoms in total. The Balaban J connectivity index is 1.52. The van der Waals surface area contributed by atoms with Gasteiger partial charge in [-0.05, 0) is 76.5 Å². The normalized spacial score (nSPS) is 12.8. The van der Waals surface area contributed by atoms with Crippen LogP contribution in [0.3, 0.4) is 0 Å². The van der Waals surface area contributed by atoms with Crippen LogP contribution in [0.2, 0.25) is 0 Å². The molecule has 2 rings (SSSR count). The van der Waals surface area contributed by atoms with Crippen molar-refractivity contribution < 1.29 is 71.5 Å². The number of carbonyl (C=O) groups excluding carboxylic acids is 7. The van der Waals surface area contributed by atoms with E-state index >= 15 is 0 Å². The number of rotatable bonds is 43. The summed E-state index contributed by atoms with van der Waals surface area (Å²) in [5, 5.41) is 21.7. The van der Waals surface area contributed by atoms with Gasteiger partial charge in [-0.3, -0.25) is 28.8 Å². The molecular weight excluding hydrogens is 1020 g/mol. The number of nitrogens with two attached hydrogens (primary N) is 2. The van der Waals surface area contributed by atoms with Crippen LogP contribution in [0, 0.1) is 16.7 Å².